The van der Waals surface area contributed by atoms with Gasteiger partial charge in [-0.1, -0.05) is 19.1 Å². The second-order valence-electron chi connectivity index (χ2n) is 3.72. The predicted octanol–water partition coefficient (Wildman–Crippen LogP) is 0.788. The molecule has 4 N–H and O–H groups in total. The lowest BCUT2D eigenvalue weighted by Crippen LogP contribution is -2.40. The van der Waals surface area contributed by atoms with Crippen LogP contribution in [0.2, 0.25) is 0 Å². The zero-order valence-corrected chi connectivity index (χ0v) is 9.44. The highest BCUT2D eigenvalue weighted by Crippen LogP contribution is 2.09. The van der Waals surface area contributed by atoms with Gasteiger partial charge in [0.05, 0.1) is 6.04 Å². The number of hydrogen-bond acceptors (Lipinski definition) is 3. The molecule has 0 aromatic heterocycles. The highest BCUT2D eigenvalue weighted by molar-refractivity contribution is 5.81. The minimum absolute atomic E-state index is 0.110. The van der Waals surface area contributed by atoms with Crippen molar-refractivity contribution in [1.29, 1.82) is 0 Å². The largest absolute Gasteiger partial charge is 0.508 e. The standard InChI is InChI=1S/C12H18N2O2/c1-2-11(13)12(16)14-8-7-9-3-5-10(15)6-4-9/h3-6,11,15H,2,7-8,13H2,1H3,(H,14,16). The maximum absolute atomic E-state index is 11.3. The van der Waals surface area contributed by atoms with Gasteiger partial charge in [0.15, 0.2) is 0 Å². The van der Waals surface area contributed by atoms with Crippen LogP contribution in [0.3, 0.4) is 0 Å². The number of hydrogen-bond donors (Lipinski definition) is 3. The van der Waals surface area contributed by atoms with E-state index in [4.69, 9.17) is 10.8 Å². The first-order valence-electron chi connectivity index (χ1n) is 5.44. The van der Waals surface area contributed by atoms with Crippen molar-refractivity contribution in [2.45, 2.75) is 25.8 Å². The monoisotopic (exact) mass is 222 g/mol. The smallest absolute Gasteiger partial charge is 0.236 e. The Morgan fingerprint density at radius 2 is 2.06 bits per heavy atom. The van der Waals surface area contributed by atoms with Crippen LogP contribution < -0.4 is 11.1 Å². The molecule has 0 heterocycles. The van der Waals surface area contributed by atoms with Crippen LogP contribution in [-0.2, 0) is 11.2 Å². The van der Waals surface area contributed by atoms with Gasteiger partial charge in [-0.25, -0.2) is 0 Å². The second kappa shape index (κ2) is 6.12. The van der Waals surface area contributed by atoms with Crippen molar-refractivity contribution >= 4 is 5.91 Å². The van der Waals surface area contributed by atoms with Crippen molar-refractivity contribution in [3.63, 3.8) is 0 Å². The third-order valence-corrected chi connectivity index (χ3v) is 2.43. The summed E-state index contributed by atoms with van der Waals surface area (Å²) >= 11 is 0. The topological polar surface area (TPSA) is 75.4 Å². The summed E-state index contributed by atoms with van der Waals surface area (Å²) in [5.74, 6) is 0.141. The van der Waals surface area contributed by atoms with Crippen LogP contribution in [0.1, 0.15) is 18.9 Å². The number of phenolic OH excluding ortho intramolecular Hbond substituents is 1. The SMILES string of the molecule is CCC(N)C(=O)NCCc1ccc(O)cc1. The van der Waals surface area contributed by atoms with Crippen LogP contribution in [0.5, 0.6) is 5.75 Å². The number of aromatic hydroxyl groups is 1. The molecule has 1 rings (SSSR count). The maximum Gasteiger partial charge on any atom is 0.236 e. The van der Waals surface area contributed by atoms with E-state index in [-0.39, 0.29) is 11.7 Å². The summed E-state index contributed by atoms with van der Waals surface area (Å²) in [6.07, 6.45) is 1.38. The molecule has 0 aliphatic carbocycles. The van der Waals surface area contributed by atoms with Gasteiger partial charge in [-0.2, -0.15) is 0 Å². The fraction of sp³-hybridized carbons (Fsp3) is 0.417. The zero-order chi connectivity index (χ0) is 12.0. The molecule has 0 saturated carbocycles. The predicted molar refractivity (Wildman–Crippen MR) is 63.1 cm³/mol. The van der Waals surface area contributed by atoms with Crippen LogP contribution in [0.4, 0.5) is 0 Å². The summed E-state index contributed by atoms with van der Waals surface area (Å²) in [4.78, 5) is 11.3. The number of rotatable bonds is 5. The Morgan fingerprint density at radius 1 is 1.44 bits per heavy atom. The Labute approximate surface area is 95.5 Å². The van der Waals surface area contributed by atoms with E-state index in [9.17, 15) is 4.79 Å². The summed E-state index contributed by atoms with van der Waals surface area (Å²) in [5.41, 5.74) is 6.64. The lowest BCUT2D eigenvalue weighted by molar-refractivity contribution is -0.122. The molecule has 1 atom stereocenters. The fourth-order valence-electron chi connectivity index (χ4n) is 1.31. The Balaban J connectivity index is 2.30. The van der Waals surface area contributed by atoms with E-state index in [1.165, 1.54) is 0 Å². The van der Waals surface area contributed by atoms with E-state index in [1.807, 2.05) is 19.1 Å². The molecule has 0 fully saturated rings. The molecule has 0 aliphatic heterocycles. The third-order valence-electron chi connectivity index (χ3n) is 2.43. The number of carbonyl (C=O) groups excluding carboxylic acids is 1. The molecular weight excluding hydrogens is 204 g/mol. The van der Waals surface area contributed by atoms with Crippen molar-refractivity contribution in [1.82, 2.24) is 5.32 Å². The van der Waals surface area contributed by atoms with Gasteiger partial charge in [0.25, 0.3) is 0 Å². The summed E-state index contributed by atoms with van der Waals surface area (Å²) in [5, 5.41) is 11.9. The number of nitrogens with one attached hydrogen (secondary N) is 1. The van der Waals surface area contributed by atoms with Crippen LogP contribution in [0.15, 0.2) is 24.3 Å². The molecule has 0 spiro atoms. The van der Waals surface area contributed by atoms with Gasteiger partial charge >= 0.3 is 0 Å². The molecule has 0 aliphatic rings. The Bertz CT molecular complexity index is 335. The molecular formula is C12H18N2O2. The van der Waals surface area contributed by atoms with Gasteiger partial charge in [-0.3, -0.25) is 4.79 Å². The van der Waals surface area contributed by atoms with Gasteiger partial charge in [0.2, 0.25) is 5.91 Å². The molecule has 4 nitrogen and oxygen atoms in total. The van der Waals surface area contributed by atoms with E-state index < -0.39 is 6.04 Å². The zero-order valence-electron chi connectivity index (χ0n) is 9.44. The van der Waals surface area contributed by atoms with E-state index >= 15 is 0 Å². The lowest BCUT2D eigenvalue weighted by atomic mass is 10.1. The summed E-state index contributed by atoms with van der Waals surface area (Å²) in [6.45, 7) is 2.45. The molecule has 4 heteroatoms. The quantitative estimate of drug-likeness (QED) is 0.689. The van der Waals surface area contributed by atoms with Crippen LogP contribution >= 0.6 is 0 Å². The fourth-order valence-corrected chi connectivity index (χ4v) is 1.31. The molecule has 0 radical (unpaired) electrons. The van der Waals surface area contributed by atoms with Crippen molar-refractivity contribution in [3.8, 4) is 5.75 Å². The minimum Gasteiger partial charge on any atom is -0.508 e. The molecule has 16 heavy (non-hydrogen) atoms. The Hall–Kier alpha value is -1.55. The average Bonchev–Trinajstić information content (AvgIpc) is 2.30. The molecule has 1 unspecified atom stereocenters. The summed E-state index contributed by atoms with van der Waals surface area (Å²) in [6, 6.07) is 6.52. The van der Waals surface area contributed by atoms with Crippen LogP contribution in [0.25, 0.3) is 0 Å². The first-order chi connectivity index (χ1) is 7.63. The first-order valence-corrected chi connectivity index (χ1v) is 5.44. The second-order valence-corrected chi connectivity index (χ2v) is 3.72. The van der Waals surface area contributed by atoms with Gasteiger partial charge in [0, 0.05) is 6.54 Å². The van der Waals surface area contributed by atoms with Crippen molar-refractivity contribution < 1.29 is 9.90 Å². The normalized spacial score (nSPS) is 12.1. The van der Waals surface area contributed by atoms with Crippen LogP contribution in [0, 0.1) is 0 Å². The van der Waals surface area contributed by atoms with Crippen molar-refractivity contribution in [3.05, 3.63) is 29.8 Å². The van der Waals surface area contributed by atoms with E-state index in [1.54, 1.807) is 12.1 Å². The number of phenols is 1. The van der Waals surface area contributed by atoms with Gasteiger partial charge in [-0.15, -0.1) is 0 Å². The lowest BCUT2D eigenvalue weighted by Gasteiger charge is -2.09. The number of amides is 1. The molecule has 0 saturated heterocycles. The number of nitrogens with two attached hydrogens (primary N) is 1. The highest BCUT2D eigenvalue weighted by atomic mass is 16.3. The summed E-state index contributed by atoms with van der Waals surface area (Å²) in [7, 11) is 0. The van der Waals surface area contributed by atoms with Crippen molar-refractivity contribution in [2.75, 3.05) is 6.54 Å². The first kappa shape index (κ1) is 12.5. The van der Waals surface area contributed by atoms with Gasteiger partial charge in [0.1, 0.15) is 5.75 Å². The van der Waals surface area contributed by atoms with Crippen molar-refractivity contribution in [2.24, 2.45) is 5.73 Å². The maximum atomic E-state index is 11.3. The number of benzene rings is 1. The molecule has 88 valence electrons. The Morgan fingerprint density at radius 3 is 2.62 bits per heavy atom. The van der Waals surface area contributed by atoms with Gasteiger partial charge in [-0.05, 0) is 30.5 Å². The number of carbonyl (C=O) groups is 1. The third kappa shape index (κ3) is 3.90. The summed E-state index contributed by atoms with van der Waals surface area (Å²) < 4.78 is 0. The van der Waals surface area contributed by atoms with Gasteiger partial charge < -0.3 is 16.2 Å². The van der Waals surface area contributed by atoms with E-state index in [0.29, 0.717) is 13.0 Å². The molecule has 1 aromatic carbocycles. The molecule has 1 amide bonds. The van der Waals surface area contributed by atoms with E-state index in [2.05, 4.69) is 5.32 Å². The van der Waals surface area contributed by atoms with Crippen LogP contribution in [-0.4, -0.2) is 23.6 Å². The van der Waals surface area contributed by atoms with E-state index in [0.717, 1.165) is 12.0 Å². The average molecular weight is 222 g/mol. The minimum atomic E-state index is -0.417. The highest BCUT2D eigenvalue weighted by Gasteiger charge is 2.09. The molecule has 0 bridgehead atoms. The Kier molecular flexibility index (Phi) is 4.79. The molecule has 1 aromatic rings.